The molecule has 0 saturated carbocycles. The maximum Gasteiger partial charge on any atom is 0.233 e. The topological polar surface area (TPSA) is 59.6 Å². The van der Waals surface area contributed by atoms with Crippen LogP contribution in [-0.2, 0) is 14.3 Å². The Morgan fingerprint density at radius 3 is 2.94 bits per heavy atom. The van der Waals surface area contributed by atoms with Gasteiger partial charge in [0, 0.05) is 32.4 Å². The molecule has 1 saturated heterocycles. The van der Waals surface area contributed by atoms with Gasteiger partial charge in [0.25, 0.3) is 0 Å². The maximum atomic E-state index is 11.6. The summed E-state index contributed by atoms with van der Waals surface area (Å²) in [6.45, 7) is 6.59. The summed E-state index contributed by atoms with van der Waals surface area (Å²) in [4.78, 5) is 11.6. The highest BCUT2D eigenvalue weighted by Crippen LogP contribution is 2.24. The largest absolute Gasteiger partial charge is 0.385 e. The van der Waals surface area contributed by atoms with Crippen LogP contribution in [0, 0.1) is 0 Å². The highest BCUT2D eigenvalue weighted by atomic mass is 16.5. The van der Waals surface area contributed by atoms with Crippen molar-refractivity contribution in [3.63, 3.8) is 0 Å². The van der Waals surface area contributed by atoms with Crippen LogP contribution in [0.3, 0.4) is 0 Å². The molecule has 5 nitrogen and oxygen atoms in total. The van der Waals surface area contributed by atoms with E-state index in [4.69, 9.17) is 9.47 Å². The average Bonchev–Trinajstić information content (AvgIpc) is 2.63. The van der Waals surface area contributed by atoms with Crippen molar-refractivity contribution in [1.29, 1.82) is 0 Å². The van der Waals surface area contributed by atoms with Gasteiger partial charge in [-0.2, -0.15) is 0 Å². The molecule has 0 spiro atoms. The van der Waals surface area contributed by atoms with Crippen LogP contribution in [0.2, 0.25) is 0 Å². The molecule has 2 atom stereocenters. The molecule has 0 aromatic carbocycles. The molecule has 0 aliphatic carbocycles. The first-order valence-corrected chi connectivity index (χ1v) is 6.21. The van der Waals surface area contributed by atoms with E-state index in [1.807, 2.05) is 6.92 Å². The van der Waals surface area contributed by atoms with E-state index in [0.717, 1.165) is 19.4 Å². The van der Waals surface area contributed by atoms with E-state index in [9.17, 15) is 4.79 Å². The summed E-state index contributed by atoms with van der Waals surface area (Å²) >= 11 is 0. The van der Waals surface area contributed by atoms with Gasteiger partial charge in [-0.15, -0.1) is 0 Å². The zero-order valence-corrected chi connectivity index (χ0v) is 11.0. The molecule has 1 rings (SSSR count). The molecule has 2 N–H and O–H groups in total. The first-order chi connectivity index (χ1) is 8.08. The quantitative estimate of drug-likeness (QED) is 0.632. The predicted octanol–water partition coefficient (Wildman–Crippen LogP) is 0.296. The fourth-order valence-corrected chi connectivity index (χ4v) is 1.86. The minimum Gasteiger partial charge on any atom is -0.385 e. The van der Waals surface area contributed by atoms with Crippen LogP contribution in [0.15, 0.2) is 0 Å². The second-order valence-electron chi connectivity index (χ2n) is 4.73. The van der Waals surface area contributed by atoms with E-state index in [2.05, 4.69) is 17.6 Å². The Morgan fingerprint density at radius 1 is 1.59 bits per heavy atom. The Balaban J connectivity index is 2.15. The number of methoxy groups -OCH3 is 1. The summed E-state index contributed by atoms with van der Waals surface area (Å²) in [5.74, 6) is 0.0291. The van der Waals surface area contributed by atoms with E-state index < -0.39 is 0 Å². The van der Waals surface area contributed by atoms with Crippen LogP contribution in [-0.4, -0.2) is 51.0 Å². The third-order valence-corrected chi connectivity index (χ3v) is 3.39. The number of hydrogen-bond donors (Lipinski definition) is 2. The number of ether oxygens (including phenoxy) is 2. The summed E-state index contributed by atoms with van der Waals surface area (Å²) in [6, 6.07) is 0. The van der Waals surface area contributed by atoms with Gasteiger partial charge < -0.3 is 20.1 Å². The van der Waals surface area contributed by atoms with E-state index in [1.54, 1.807) is 7.11 Å². The van der Waals surface area contributed by atoms with E-state index in [0.29, 0.717) is 19.7 Å². The molecular weight excluding hydrogens is 220 g/mol. The standard InChI is InChI=1S/C12H24N2O3/c1-10-12(2,5-8-17-10)14-9-11(15)13-6-4-7-16-3/h10,14H,4-9H2,1-3H3,(H,13,15). The van der Waals surface area contributed by atoms with Crippen LogP contribution in [0.4, 0.5) is 0 Å². The third kappa shape index (κ3) is 4.61. The summed E-state index contributed by atoms with van der Waals surface area (Å²) in [5, 5.41) is 6.13. The Morgan fingerprint density at radius 2 is 2.35 bits per heavy atom. The van der Waals surface area contributed by atoms with Gasteiger partial charge in [-0.25, -0.2) is 0 Å². The number of carbonyl (C=O) groups is 1. The lowest BCUT2D eigenvalue weighted by Gasteiger charge is -2.28. The summed E-state index contributed by atoms with van der Waals surface area (Å²) in [7, 11) is 1.66. The molecule has 1 amide bonds. The van der Waals surface area contributed by atoms with Gasteiger partial charge in [-0.05, 0) is 26.7 Å². The molecule has 2 unspecified atom stereocenters. The Hall–Kier alpha value is -0.650. The average molecular weight is 244 g/mol. The van der Waals surface area contributed by atoms with Crippen LogP contribution in [0.1, 0.15) is 26.7 Å². The number of hydrogen-bond acceptors (Lipinski definition) is 4. The van der Waals surface area contributed by atoms with Crippen molar-refractivity contribution in [3.8, 4) is 0 Å². The van der Waals surface area contributed by atoms with Gasteiger partial charge in [0.1, 0.15) is 0 Å². The Kier molecular flexibility index (Phi) is 5.88. The van der Waals surface area contributed by atoms with Gasteiger partial charge in [-0.1, -0.05) is 0 Å². The van der Waals surface area contributed by atoms with Gasteiger partial charge >= 0.3 is 0 Å². The Bertz CT molecular complexity index is 248. The van der Waals surface area contributed by atoms with Crippen molar-refractivity contribution in [2.45, 2.75) is 38.3 Å². The molecular formula is C12H24N2O3. The van der Waals surface area contributed by atoms with Crippen molar-refractivity contribution in [2.75, 3.05) is 33.4 Å². The van der Waals surface area contributed by atoms with Gasteiger partial charge in [0.15, 0.2) is 0 Å². The first kappa shape index (κ1) is 14.4. The normalized spacial score (nSPS) is 28.3. The third-order valence-electron chi connectivity index (χ3n) is 3.39. The predicted molar refractivity (Wildman–Crippen MR) is 65.9 cm³/mol. The van der Waals surface area contributed by atoms with Crippen molar-refractivity contribution >= 4 is 5.91 Å². The molecule has 1 aliphatic heterocycles. The van der Waals surface area contributed by atoms with Crippen molar-refractivity contribution in [1.82, 2.24) is 10.6 Å². The molecule has 5 heteroatoms. The molecule has 1 fully saturated rings. The lowest BCUT2D eigenvalue weighted by molar-refractivity contribution is -0.120. The lowest BCUT2D eigenvalue weighted by atomic mass is 9.95. The van der Waals surface area contributed by atoms with Crippen molar-refractivity contribution in [2.24, 2.45) is 0 Å². The molecule has 0 aromatic heterocycles. The minimum atomic E-state index is -0.0795. The zero-order chi connectivity index (χ0) is 12.7. The molecule has 1 aliphatic rings. The van der Waals surface area contributed by atoms with E-state index in [1.165, 1.54) is 0 Å². The number of amides is 1. The molecule has 0 aromatic rings. The number of nitrogens with one attached hydrogen (secondary N) is 2. The van der Waals surface area contributed by atoms with Gasteiger partial charge in [0.2, 0.25) is 5.91 Å². The maximum absolute atomic E-state index is 11.6. The van der Waals surface area contributed by atoms with Gasteiger partial charge in [0.05, 0.1) is 12.6 Å². The molecule has 100 valence electrons. The molecule has 17 heavy (non-hydrogen) atoms. The zero-order valence-electron chi connectivity index (χ0n) is 11.0. The monoisotopic (exact) mass is 244 g/mol. The number of carbonyl (C=O) groups excluding carboxylic acids is 1. The number of rotatable bonds is 7. The minimum absolute atomic E-state index is 0.0291. The van der Waals surface area contributed by atoms with Crippen molar-refractivity contribution < 1.29 is 14.3 Å². The lowest BCUT2D eigenvalue weighted by Crippen LogP contribution is -2.51. The summed E-state index contributed by atoms with van der Waals surface area (Å²) in [6.07, 6.45) is 1.95. The first-order valence-electron chi connectivity index (χ1n) is 6.21. The van der Waals surface area contributed by atoms with Crippen LogP contribution in [0.5, 0.6) is 0 Å². The van der Waals surface area contributed by atoms with Crippen LogP contribution in [0.25, 0.3) is 0 Å². The molecule has 0 bridgehead atoms. The van der Waals surface area contributed by atoms with Crippen molar-refractivity contribution in [3.05, 3.63) is 0 Å². The molecule has 1 heterocycles. The second kappa shape index (κ2) is 6.93. The highest BCUT2D eigenvalue weighted by Gasteiger charge is 2.36. The smallest absolute Gasteiger partial charge is 0.233 e. The molecule has 0 radical (unpaired) electrons. The fraction of sp³-hybridized carbons (Fsp3) is 0.917. The fourth-order valence-electron chi connectivity index (χ4n) is 1.86. The summed E-state index contributed by atoms with van der Waals surface area (Å²) in [5.41, 5.74) is -0.0795. The van der Waals surface area contributed by atoms with E-state index >= 15 is 0 Å². The summed E-state index contributed by atoms with van der Waals surface area (Å²) < 4.78 is 10.4. The Labute approximate surface area is 103 Å². The van der Waals surface area contributed by atoms with Gasteiger partial charge in [-0.3, -0.25) is 4.79 Å². The van der Waals surface area contributed by atoms with Crippen LogP contribution >= 0.6 is 0 Å². The van der Waals surface area contributed by atoms with E-state index in [-0.39, 0.29) is 17.6 Å². The highest BCUT2D eigenvalue weighted by molar-refractivity contribution is 5.78. The SMILES string of the molecule is COCCCNC(=O)CNC1(C)CCOC1C. The van der Waals surface area contributed by atoms with Crippen LogP contribution < -0.4 is 10.6 Å². The second-order valence-corrected chi connectivity index (χ2v) is 4.73.